The van der Waals surface area contributed by atoms with Crippen LogP contribution in [0.4, 0.5) is 0 Å². The van der Waals surface area contributed by atoms with Gasteiger partial charge in [0.05, 0.1) is 11.8 Å². The summed E-state index contributed by atoms with van der Waals surface area (Å²) in [5.74, 6) is 0. The maximum atomic E-state index is 10.2. The number of aryl methyl sites for hydroxylation is 2. The first-order valence-corrected chi connectivity index (χ1v) is 6.44. The Labute approximate surface area is 112 Å². The summed E-state index contributed by atoms with van der Waals surface area (Å²) in [6.07, 6.45) is 1.64. The lowest BCUT2D eigenvalue weighted by Crippen LogP contribution is -2.10. The van der Waals surface area contributed by atoms with Crippen LogP contribution < -0.4 is 0 Å². The molecule has 0 aliphatic rings. The van der Waals surface area contributed by atoms with Gasteiger partial charge in [0.25, 0.3) is 0 Å². The minimum absolute atomic E-state index is 0.505. The molecule has 0 saturated heterocycles. The van der Waals surface area contributed by atoms with Crippen LogP contribution in [0.1, 0.15) is 29.8 Å². The van der Waals surface area contributed by atoms with Crippen molar-refractivity contribution in [3.8, 4) is 0 Å². The van der Waals surface area contributed by atoms with Crippen LogP contribution in [0.3, 0.4) is 0 Å². The molecule has 1 heterocycles. The van der Waals surface area contributed by atoms with E-state index in [1.165, 1.54) is 0 Å². The summed E-state index contributed by atoms with van der Waals surface area (Å²) in [5.41, 5.74) is 2.91. The van der Waals surface area contributed by atoms with Crippen molar-refractivity contribution in [3.05, 3.63) is 52.3 Å². The third-order valence-corrected chi connectivity index (χ3v) is 3.36. The topological polar surface area (TPSA) is 38.0 Å². The molecule has 0 aliphatic heterocycles. The molecule has 0 amide bonds. The molecule has 0 saturated carbocycles. The average molecular weight is 265 g/mol. The van der Waals surface area contributed by atoms with E-state index in [0.29, 0.717) is 11.4 Å². The molecule has 3 nitrogen and oxygen atoms in total. The smallest absolute Gasteiger partial charge is 0.0997 e. The van der Waals surface area contributed by atoms with Gasteiger partial charge in [-0.25, -0.2) is 0 Å². The molecule has 0 aliphatic carbocycles. The van der Waals surface area contributed by atoms with Gasteiger partial charge in [0.15, 0.2) is 0 Å². The second-order valence-corrected chi connectivity index (χ2v) is 4.79. The summed E-state index contributed by atoms with van der Waals surface area (Å²) in [4.78, 5) is 0. The van der Waals surface area contributed by atoms with Crippen LogP contribution in [0, 0.1) is 6.92 Å². The molecular formula is C14H17ClN2O. The summed E-state index contributed by atoms with van der Waals surface area (Å²) >= 11 is 6.18. The van der Waals surface area contributed by atoms with E-state index < -0.39 is 6.10 Å². The first-order chi connectivity index (χ1) is 8.61. The highest BCUT2D eigenvalue weighted by Crippen LogP contribution is 2.24. The molecule has 2 aromatic rings. The van der Waals surface area contributed by atoms with Crippen molar-refractivity contribution in [3.63, 3.8) is 0 Å². The molecule has 0 spiro atoms. The van der Waals surface area contributed by atoms with Crippen molar-refractivity contribution in [2.75, 3.05) is 0 Å². The van der Waals surface area contributed by atoms with Crippen molar-refractivity contribution < 1.29 is 5.11 Å². The second-order valence-electron chi connectivity index (χ2n) is 4.39. The molecule has 4 heteroatoms. The Morgan fingerprint density at radius 1 is 1.39 bits per heavy atom. The predicted molar refractivity (Wildman–Crippen MR) is 72.8 cm³/mol. The Hall–Kier alpha value is -1.32. The van der Waals surface area contributed by atoms with Crippen LogP contribution in [0.25, 0.3) is 0 Å². The SMILES string of the molecule is CCn1nccc1C(O)Cc1ccc(C)cc1Cl. The molecule has 96 valence electrons. The van der Waals surface area contributed by atoms with Gasteiger partial charge in [-0.1, -0.05) is 23.7 Å². The Balaban J connectivity index is 2.18. The van der Waals surface area contributed by atoms with Gasteiger partial charge in [0.2, 0.25) is 0 Å². The van der Waals surface area contributed by atoms with Crippen LogP contribution in [0.5, 0.6) is 0 Å². The lowest BCUT2D eigenvalue weighted by atomic mass is 10.0. The molecule has 1 aromatic heterocycles. The van der Waals surface area contributed by atoms with Gasteiger partial charge in [-0.2, -0.15) is 5.10 Å². The van der Waals surface area contributed by atoms with Crippen LogP contribution >= 0.6 is 11.6 Å². The van der Waals surface area contributed by atoms with Crippen molar-refractivity contribution in [2.45, 2.75) is 32.9 Å². The van der Waals surface area contributed by atoms with Crippen molar-refractivity contribution in [1.82, 2.24) is 9.78 Å². The fraction of sp³-hybridized carbons (Fsp3) is 0.357. The molecular weight excluding hydrogens is 248 g/mol. The average Bonchev–Trinajstić information content (AvgIpc) is 2.81. The normalized spacial score (nSPS) is 12.7. The van der Waals surface area contributed by atoms with Crippen LogP contribution in [0.15, 0.2) is 30.5 Å². The van der Waals surface area contributed by atoms with Gasteiger partial charge in [-0.15, -0.1) is 0 Å². The second kappa shape index (κ2) is 5.55. The molecule has 18 heavy (non-hydrogen) atoms. The maximum absolute atomic E-state index is 10.2. The lowest BCUT2D eigenvalue weighted by molar-refractivity contribution is 0.167. The zero-order chi connectivity index (χ0) is 13.1. The molecule has 0 radical (unpaired) electrons. The highest BCUT2D eigenvalue weighted by atomic mass is 35.5. The highest BCUT2D eigenvalue weighted by molar-refractivity contribution is 6.31. The number of benzene rings is 1. The van der Waals surface area contributed by atoms with E-state index in [-0.39, 0.29) is 0 Å². The van der Waals surface area contributed by atoms with E-state index in [0.717, 1.165) is 23.4 Å². The Bertz CT molecular complexity index is 536. The Morgan fingerprint density at radius 3 is 2.83 bits per heavy atom. The summed E-state index contributed by atoms with van der Waals surface area (Å²) in [7, 11) is 0. The zero-order valence-corrected chi connectivity index (χ0v) is 11.4. The fourth-order valence-corrected chi connectivity index (χ4v) is 2.33. The van der Waals surface area contributed by atoms with Gasteiger partial charge in [0.1, 0.15) is 0 Å². The quantitative estimate of drug-likeness (QED) is 0.921. The van der Waals surface area contributed by atoms with E-state index >= 15 is 0 Å². The highest BCUT2D eigenvalue weighted by Gasteiger charge is 2.14. The molecule has 2 rings (SSSR count). The van der Waals surface area contributed by atoms with Crippen LogP contribution in [-0.2, 0) is 13.0 Å². The maximum Gasteiger partial charge on any atom is 0.0997 e. The predicted octanol–water partition coefficient (Wildman–Crippen LogP) is 3.14. The van der Waals surface area contributed by atoms with Crippen molar-refractivity contribution in [2.24, 2.45) is 0 Å². The molecule has 0 bridgehead atoms. The number of aliphatic hydroxyl groups excluding tert-OH is 1. The van der Waals surface area contributed by atoms with Crippen molar-refractivity contribution >= 4 is 11.6 Å². The zero-order valence-electron chi connectivity index (χ0n) is 10.6. The van der Waals surface area contributed by atoms with E-state index in [9.17, 15) is 5.11 Å². The minimum Gasteiger partial charge on any atom is -0.386 e. The van der Waals surface area contributed by atoms with E-state index in [4.69, 9.17) is 11.6 Å². The largest absolute Gasteiger partial charge is 0.386 e. The van der Waals surface area contributed by atoms with E-state index in [2.05, 4.69) is 5.10 Å². The first-order valence-electron chi connectivity index (χ1n) is 6.06. The molecule has 1 N–H and O–H groups in total. The van der Waals surface area contributed by atoms with Crippen LogP contribution in [0.2, 0.25) is 5.02 Å². The number of aliphatic hydroxyl groups is 1. The van der Waals surface area contributed by atoms with Gasteiger partial charge in [0, 0.05) is 24.2 Å². The van der Waals surface area contributed by atoms with Crippen LogP contribution in [-0.4, -0.2) is 14.9 Å². The fourth-order valence-electron chi connectivity index (χ4n) is 2.02. The number of rotatable bonds is 4. The molecule has 1 atom stereocenters. The lowest BCUT2D eigenvalue weighted by Gasteiger charge is -2.13. The van der Waals surface area contributed by atoms with Crippen molar-refractivity contribution in [1.29, 1.82) is 0 Å². The number of nitrogens with zero attached hydrogens (tertiary/aromatic N) is 2. The minimum atomic E-state index is -0.576. The van der Waals surface area contributed by atoms with Gasteiger partial charge >= 0.3 is 0 Å². The summed E-state index contributed by atoms with van der Waals surface area (Å²) in [5, 5.41) is 15.1. The third-order valence-electron chi connectivity index (χ3n) is 3.01. The van der Waals surface area contributed by atoms with Gasteiger partial charge < -0.3 is 5.11 Å². The summed E-state index contributed by atoms with van der Waals surface area (Å²) in [6, 6.07) is 7.73. The number of hydrogen-bond acceptors (Lipinski definition) is 2. The van der Waals surface area contributed by atoms with Gasteiger partial charge in [-0.05, 0) is 37.1 Å². The monoisotopic (exact) mass is 264 g/mol. The van der Waals surface area contributed by atoms with E-state index in [1.54, 1.807) is 10.9 Å². The Morgan fingerprint density at radius 2 is 2.17 bits per heavy atom. The standard InChI is InChI=1S/C14H17ClN2O/c1-3-17-13(6-7-16-17)14(18)9-11-5-4-10(2)8-12(11)15/h4-8,14,18H,3,9H2,1-2H3. The van der Waals surface area contributed by atoms with Gasteiger partial charge in [-0.3, -0.25) is 4.68 Å². The number of halogens is 1. The number of aromatic nitrogens is 2. The summed E-state index contributed by atoms with van der Waals surface area (Å²) < 4.78 is 1.80. The molecule has 0 fully saturated rings. The number of hydrogen-bond donors (Lipinski definition) is 1. The first kappa shape index (κ1) is 13.1. The third kappa shape index (κ3) is 2.74. The Kier molecular flexibility index (Phi) is 4.04. The molecule has 1 unspecified atom stereocenters. The summed E-state index contributed by atoms with van der Waals surface area (Å²) in [6.45, 7) is 4.75. The van der Waals surface area contributed by atoms with E-state index in [1.807, 2.05) is 38.1 Å². The molecule has 1 aromatic carbocycles.